The van der Waals surface area contributed by atoms with Crippen LogP contribution in [0.5, 0.6) is 5.75 Å². The van der Waals surface area contributed by atoms with Crippen LogP contribution >= 0.6 is 0 Å². The van der Waals surface area contributed by atoms with Crippen molar-refractivity contribution in [2.45, 2.75) is 25.2 Å². The molecule has 1 aromatic heterocycles. The molecule has 0 saturated carbocycles. The van der Waals surface area contributed by atoms with Gasteiger partial charge < -0.3 is 14.7 Å². The van der Waals surface area contributed by atoms with E-state index in [1.807, 2.05) is 24.3 Å². The molecule has 134 valence electrons. The fraction of sp³-hybridized carbons (Fsp3) is 0.421. The van der Waals surface area contributed by atoms with Crippen molar-refractivity contribution in [1.29, 1.82) is 0 Å². The molecule has 2 unspecified atom stereocenters. The first-order chi connectivity index (χ1) is 12.6. The Balaban J connectivity index is 1.52. The van der Waals surface area contributed by atoms with Crippen LogP contribution in [0.15, 0.2) is 24.3 Å². The molecule has 2 atom stereocenters. The van der Waals surface area contributed by atoms with E-state index in [2.05, 4.69) is 10.2 Å². The number of amides is 1. The van der Waals surface area contributed by atoms with E-state index in [-0.39, 0.29) is 25.0 Å². The third-order valence-electron chi connectivity index (χ3n) is 6.04. The number of aryl methyl sites for hydroxylation is 1. The third-order valence-corrected chi connectivity index (χ3v) is 6.04. The zero-order valence-electron chi connectivity index (χ0n) is 14.2. The van der Waals surface area contributed by atoms with Crippen LogP contribution in [0.3, 0.4) is 0 Å². The second kappa shape index (κ2) is 5.33. The zero-order valence-corrected chi connectivity index (χ0v) is 14.2. The first kappa shape index (κ1) is 15.4. The lowest BCUT2D eigenvalue weighted by Crippen LogP contribution is -2.46. The van der Waals surface area contributed by atoms with Gasteiger partial charge in [0.2, 0.25) is 0 Å². The highest BCUT2D eigenvalue weighted by atomic mass is 16.5. The van der Waals surface area contributed by atoms with E-state index in [0.717, 1.165) is 36.1 Å². The monoisotopic (exact) mass is 353 g/mol. The van der Waals surface area contributed by atoms with Crippen LogP contribution in [0.25, 0.3) is 0 Å². The zero-order chi connectivity index (χ0) is 17.9. The minimum absolute atomic E-state index is 0.0759. The largest absolute Gasteiger partial charge is 0.492 e. The molecule has 2 N–H and O–H groups in total. The van der Waals surface area contributed by atoms with E-state index in [1.54, 1.807) is 4.90 Å². The summed E-state index contributed by atoms with van der Waals surface area (Å²) in [5.74, 6) is -0.665. The molecule has 7 nitrogen and oxygen atoms in total. The van der Waals surface area contributed by atoms with Crippen LogP contribution in [-0.2, 0) is 17.6 Å². The Kier molecular flexibility index (Phi) is 3.16. The maximum atomic E-state index is 13.1. The molecule has 1 aliphatic carbocycles. The van der Waals surface area contributed by atoms with Crippen molar-refractivity contribution in [3.05, 3.63) is 46.8 Å². The highest BCUT2D eigenvalue weighted by Gasteiger charge is 2.57. The number of carbonyl (C=O) groups is 2. The van der Waals surface area contributed by atoms with Gasteiger partial charge >= 0.3 is 5.97 Å². The van der Waals surface area contributed by atoms with E-state index in [9.17, 15) is 14.7 Å². The minimum Gasteiger partial charge on any atom is -0.492 e. The summed E-state index contributed by atoms with van der Waals surface area (Å²) in [6.45, 7) is 0.585. The van der Waals surface area contributed by atoms with Gasteiger partial charge in [-0.2, -0.15) is 5.10 Å². The molecule has 5 rings (SSSR count). The second-order valence-electron chi connectivity index (χ2n) is 7.41. The minimum atomic E-state index is -1.11. The second-order valence-corrected chi connectivity index (χ2v) is 7.41. The third kappa shape index (κ3) is 1.97. The molecule has 0 bridgehead atoms. The highest BCUT2D eigenvalue weighted by Crippen LogP contribution is 2.50. The molecule has 1 aromatic carbocycles. The predicted octanol–water partition coefficient (Wildman–Crippen LogP) is 1.60. The quantitative estimate of drug-likeness (QED) is 0.855. The number of hydrogen-bond donors (Lipinski definition) is 2. The first-order valence-corrected chi connectivity index (χ1v) is 8.91. The van der Waals surface area contributed by atoms with E-state index >= 15 is 0 Å². The molecule has 3 aliphatic rings. The number of fused-ring (bicyclic) bond motifs is 4. The Hall–Kier alpha value is -2.83. The maximum Gasteiger partial charge on any atom is 0.315 e. The van der Waals surface area contributed by atoms with Crippen molar-refractivity contribution in [1.82, 2.24) is 15.1 Å². The first-order valence-electron chi connectivity index (χ1n) is 8.91. The smallest absolute Gasteiger partial charge is 0.315 e. The van der Waals surface area contributed by atoms with E-state index < -0.39 is 11.4 Å². The van der Waals surface area contributed by atoms with Crippen LogP contribution in [-0.4, -0.2) is 51.8 Å². The fourth-order valence-electron chi connectivity index (χ4n) is 4.64. The van der Waals surface area contributed by atoms with Gasteiger partial charge in [0.15, 0.2) is 5.69 Å². The van der Waals surface area contributed by atoms with E-state index in [0.29, 0.717) is 18.0 Å². The number of ether oxygens (including phenoxy) is 1. The van der Waals surface area contributed by atoms with Gasteiger partial charge in [0.1, 0.15) is 17.8 Å². The molecule has 0 spiro atoms. The van der Waals surface area contributed by atoms with Gasteiger partial charge in [0.05, 0.1) is 0 Å². The van der Waals surface area contributed by atoms with Gasteiger partial charge in [-0.05, 0) is 25.3 Å². The van der Waals surface area contributed by atoms with Gasteiger partial charge in [0.25, 0.3) is 5.91 Å². The molecule has 1 amide bonds. The summed E-state index contributed by atoms with van der Waals surface area (Å²) in [5.41, 5.74) is 2.23. The lowest BCUT2D eigenvalue weighted by Gasteiger charge is -2.35. The molecule has 0 radical (unpaired) electrons. The number of carboxylic acid groups (broad SMARTS) is 1. The number of para-hydroxylation sites is 1. The number of carboxylic acids is 1. The molecule has 2 aromatic rings. The number of H-pyrrole nitrogens is 1. The number of aliphatic carboxylic acids is 1. The molecule has 7 heteroatoms. The standard InChI is InChI=1S/C19H19N3O4/c23-17(16-12-5-3-6-14(12)20-21-16)22-8-13-11-4-1-2-7-15(11)26-10-19(13,9-22)18(24)25/h1-2,4,7,13H,3,5-6,8-10H2,(H,20,21)(H,24,25). The van der Waals surface area contributed by atoms with Crippen molar-refractivity contribution in [3.63, 3.8) is 0 Å². The van der Waals surface area contributed by atoms with Crippen LogP contribution < -0.4 is 4.74 Å². The summed E-state index contributed by atoms with van der Waals surface area (Å²) in [7, 11) is 0. The van der Waals surface area contributed by atoms with Crippen molar-refractivity contribution in [2.24, 2.45) is 5.41 Å². The number of likely N-dealkylation sites (tertiary alicyclic amines) is 1. The number of aromatic amines is 1. The Labute approximate surface area is 150 Å². The van der Waals surface area contributed by atoms with Crippen LogP contribution in [0.2, 0.25) is 0 Å². The summed E-state index contributed by atoms with van der Waals surface area (Å²) in [6, 6.07) is 7.51. The van der Waals surface area contributed by atoms with Crippen molar-refractivity contribution in [3.8, 4) is 5.75 Å². The van der Waals surface area contributed by atoms with Gasteiger partial charge in [-0.25, -0.2) is 0 Å². The number of nitrogens with zero attached hydrogens (tertiary/aromatic N) is 2. The highest BCUT2D eigenvalue weighted by molar-refractivity contribution is 5.95. The average Bonchev–Trinajstić information content (AvgIpc) is 3.35. The lowest BCUT2D eigenvalue weighted by molar-refractivity contribution is -0.151. The number of nitrogens with one attached hydrogen (secondary N) is 1. The lowest BCUT2D eigenvalue weighted by atomic mass is 9.73. The number of hydrogen-bond acceptors (Lipinski definition) is 4. The molecular formula is C19H19N3O4. The molecule has 1 fully saturated rings. The van der Waals surface area contributed by atoms with Gasteiger partial charge in [-0.1, -0.05) is 18.2 Å². The normalized spacial score (nSPS) is 26.0. The summed E-state index contributed by atoms with van der Waals surface area (Å²) in [4.78, 5) is 26.9. The summed E-state index contributed by atoms with van der Waals surface area (Å²) in [6.07, 6.45) is 2.78. The molecule has 1 saturated heterocycles. The molecular weight excluding hydrogens is 334 g/mol. The number of rotatable bonds is 2. The molecule has 3 heterocycles. The fourth-order valence-corrected chi connectivity index (χ4v) is 4.64. The van der Waals surface area contributed by atoms with Crippen LogP contribution in [0, 0.1) is 5.41 Å². The van der Waals surface area contributed by atoms with Crippen LogP contribution in [0.1, 0.15) is 39.6 Å². The van der Waals surface area contributed by atoms with Gasteiger partial charge in [0, 0.05) is 35.8 Å². The van der Waals surface area contributed by atoms with Gasteiger partial charge in [-0.15, -0.1) is 0 Å². The molecule has 26 heavy (non-hydrogen) atoms. The van der Waals surface area contributed by atoms with E-state index in [4.69, 9.17) is 4.74 Å². The average molecular weight is 353 g/mol. The van der Waals surface area contributed by atoms with Gasteiger partial charge in [-0.3, -0.25) is 14.7 Å². The van der Waals surface area contributed by atoms with Crippen LogP contribution in [0.4, 0.5) is 0 Å². The SMILES string of the molecule is O=C(c1n[nH]c2c1CCC2)N1CC2c3ccccc3OCC2(C(=O)O)C1. The maximum absolute atomic E-state index is 13.1. The molecule has 2 aliphatic heterocycles. The van der Waals surface area contributed by atoms with Crippen molar-refractivity contribution < 1.29 is 19.4 Å². The number of benzene rings is 1. The topological polar surface area (TPSA) is 95.5 Å². The number of carbonyl (C=O) groups excluding carboxylic acids is 1. The van der Waals surface area contributed by atoms with Crippen molar-refractivity contribution in [2.75, 3.05) is 19.7 Å². The number of aromatic nitrogens is 2. The summed E-state index contributed by atoms with van der Waals surface area (Å²) >= 11 is 0. The summed E-state index contributed by atoms with van der Waals surface area (Å²) in [5, 5.41) is 17.1. The predicted molar refractivity (Wildman–Crippen MR) is 91.3 cm³/mol. The Bertz CT molecular complexity index is 921. The Morgan fingerprint density at radius 3 is 3.00 bits per heavy atom. The summed E-state index contributed by atoms with van der Waals surface area (Å²) < 4.78 is 5.75. The Morgan fingerprint density at radius 2 is 2.15 bits per heavy atom. The Morgan fingerprint density at radius 1 is 1.31 bits per heavy atom. The van der Waals surface area contributed by atoms with E-state index in [1.165, 1.54) is 0 Å². The van der Waals surface area contributed by atoms with Crippen molar-refractivity contribution >= 4 is 11.9 Å².